The summed E-state index contributed by atoms with van der Waals surface area (Å²) in [5.41, 5.74) is 1.39. The van der Waals surface area contributed by atoms with Crippen molar-refractivity contribution in [3.05, 3.63) is 23.2 Å². The Labute approximate surface area is 111 Å². The van der Waals surface area contributed by atoms with Gasteiger partial charge in [0.25, 0.3) is 0 Å². The highest BCUT2D eigenvalue weighted by Gasteiger charge is 2.33. The van der Waals surface area contributed by atoms with E-state index in [2.05, 4.69) is 32.2 Å². The van der Waals surface area contributed by atoms with Gasteiger partial charge in [-0.25, -0.2) is 0 Å². The van der Waals surface area contributed by atoms with Crippen LogP contribution in [0.15, 0.2) is 10.5 Å². The van der Waals surface area contributed by atoms with Gasteiger partial charge in [-0.3, -0.25) is 0 Å². The summed E-state index contributed by atoms with van der Waals surface area (Å²) < 4.78 is 5.73. The molecule has 0 bridgehead atoms. The number of rotatable bonds is 5. The Bertz CT molecular complexity index is 382. The lowest BCUT2D eigenvalue weighted by molar-refractivity contribution is 0.299. The zero-order chi connectivity index (χ0) is 13.1. The Morgan fingerprint density at radius 3 is 2.67 bits per heavy atom. The molecule has 1 aromatic heterocycles. The van der Waals surface area contributed by atoms with Gasteiger partial charge >= 0.3 is 0 Å². The SMILES string of the molecule is CCCNC(c1cc(C)oc1C)C1CCCC1C. The lowest BCUT2D eigenvalue weighted by atomic mass is 9.86. The van der Waals surface area contributed by atoms with Crippen molar-refractivity contribution in [3.8, 4) is 0 Å². The maximum absolute atomic E-state index is 5.73. The van der Waals surface area contributed by atoms with Crippen LogP contribution in [0.25, 0.3) is 0 Å². The number of nitrogens with one attached hydrogen (secondary N) is 1. The smallest absolute Gasteiger partial charge is 0.105 e. The van der Waals surface area contributed by atoms with Crippen molar-refractivity contribution >= 4 is 0 Å². The van der Waals surface area contributed by atoms with Gasteiger partial charge in [-0.1, -0.05) is 26.7 Å². The van der Waals surface area contributed by atoms with Crippen molar-refractivity contribution in [1.29, 1.82) is 0 Å². The van der Waals surface area contributed by atoms with Crippen LogP contribution in [0.3, 0.4) is 0 Å². The average molecular weight is 249 g/mol. The van der Waals surface area contributed by atoms with E-state index in [0.29, 0.717) is 6.04 Å². The Kier molecular flexibility index (Phi) is 4.50. The van der Waals surface area contributed by atoms with Gasteiger partial charge in [0.15, 0.2) is 0 Å². The molecule has 2 heteroatoms. The van der Waals surface area contributed by atoms with Gasteiger partial charge in [-0.05, 0) is 51.1 Å². The summed E-state index contributed by atoms with van der Waals surface area (Å²) in [7, 11) is 0. The number of aryl methyl sites for hydroxylation is 2. The fourth-order valence-electron chi connectivity index (χ4n) is 3.42. The highest BCUT2D eigenvalue weighted by molar-refractivity contribution is 5.25. The molecule has 102 valence electrons. The standard InChI is InChI=1S/C16H27NO/c1-5-9-17-16(14-8-6-7-11(14)2)15-10-12(3)18-13(15)4/h10-11,14,16-17H,5-9H2,1-4H3. The maximum atomic E-state index is 5.73. The highest BCUT2D eigenvalue weighted by atomic mass is 16.3. The molecule has 1 aliphatic rings. The molecule has 0 aliphatic heterocycles. The van der Waals surface area contributed by atoms with E-state index in [1.54, 1.807) is 0 Å². The molecule has 0 saturated heterocycles. The maximum Gasteiger partial charge on any atom is 0.105 e. The fraction of sp³-hybridized carbons (Fsp3) is 0.750. The third-order valence-corrected chi connectivity index (χ3v) is 4.38. The Morgan fingerprint density at radius 1 is 1.39 bits per heavy atom. The van der Waals surface area contributed by atoms with Crippen molar-refractivity contribution in [1.82, 2.24) is 5.32 Å². The Hall–Kier alpha value is -0.760. The predicted octanol–water partition coefficient (Wildman–Crippen LogP) is 4.37. The third-order valence-electron chi connectivity index (χ3n) is 4.38. The molecule has 3 unspecified atom stereocenters. The van der Waals surface area contributed by atoms with E-state index in [0.717, 1.165) is 29.9 Å². The molecule has 1 fully saturated rings. The largest absolute Gasteiger partial charge is 0.466 e. The first-order chi connectivity index (χ1) is 8.63. The van der Waals surface area contributed by atoms with Gasteiger partial charge in [-0.2, -0.15) is 0 Å². The zero-order valence-corrected chi connectivity index (χ0v) is 12.3. The minimum absolute atomic E-state index is 0.486. The molecule has 1 aromatic rings. The summed E-state index contributed by atoms with van der Waals surface area (Å²) in [6.07, 6.45) is 5.30. The summed E-state index contributed by atoms with van der Waals surface area (Å²) in [6.45, 7) is 9.88. The van der Waals surface area contributed by atoms with Crippen LogP contribution in [0, 0.1) is 25.7 Å². The van der Waals surface area contributed by atoms with Crippen molar-refractivity contribution in [2.45, 2.75) is 59.4 Å². The first-order valence-electron chi connectivity index (χ1n) is 7.43. The van der Waals surface area contributed by atoms with Crippen molar-refractivity contribution < 1.29 is 4.42 Å². The van der Waals surface area contributed by atoms with E-state index >= 15 is 0 Å². The van der Waals surface area contributed by atoms with E-state index in [-0.39, 0.29) is 0 Å². The van der Waals surface area contributed by atoms with Gasteiger partial charge in [0.1, 0.15) is 11.5 Å². The van der Waals surface area contributed by atoms with E-state index < -0.39 is 0 Å². The molecular formula is C16H27NO. The molecule has 0 aromatic carbocycles. The van der Waals surface area contributed by atoms with Gasteiger partial charge in [0, 0.05) is 11.6 Å². The van der Waals surface area contributed by atoms with Gasteiger partial charge < -0.3 is 9.73 Å². The van der Waals surface area contributed by atoms with Crippen LogP contribution in [-0.4, -0.2) is 6.54 Å². The Balaban J connectivity index is 2.21. The molecule has 1 N–H and O–H groups in total. The van der Waals surface area contributed by atoms with Gasteiger partial charge in [0.05, 0.1) is 0 Å². The topological polar surface area (TPSA) is 25.2 Å². The van der Waals surface area contributed by atoms with E-state index in [1.807, 2.05) is 6.92 Å². The second-order valence-electron chi connectivity index (χ2n) is 5.87. The molecule has 0 radical (unpaired) electrons. The molecule has 3 atom stereocenters. The molecule has 0 amide bonds. The molecular weight excluding hydrogens is 222 g/mol. The van der Waals surface area contributed by atoms with Crippen molar-refractivity contribution in [2.24, 2.45) is 11.8 Å². The zero-order valence-electron chi connectivity index (χ0n) is 12.3. The average Bonchev–Trinajstić information content (AvgIpc) is 2.87. The van der Waals surface area contributed by atoms with Crippen LogP contribution < -0.4 is 5.32 Å². The summed E-state index contributed by atoms with van der Waals surface area (Å²) >= 11 is 0. The van der Waals surface area contributed by atoms with Crippen LogP contribution in [-0.2, 0) is 0 Å². The quantitative estimate of drug-likeness (QED) is 0.838. The number of hydrogen-bond acceptors (Lipinski definition) is 2. The highest BCUT2D eigenvalue weighted by Crippen LogP contribution is 2.41. The molecule has 1 heterocycles. The second kappa shape index (κ2) is 5.92. The van der Waals surface area contributed by atoms with Crippen LogP contribution in [0.1, 0.15) is 62.7 Å². The molecule has 1 aliphatic carbocycles. The van der Waals surface area contributed by atoms with E-state index in [1.165, 1.54) is 31.2 Å². The minimum Gasteiger partial charge on any atom is -0.466 e. The summed E-state index contributed by atoms with van der Waals surface area (Å²) in [5, 5.41) is 3.75. The van der Waals surface area contributed by atoms with Crippen LogP contribution in [0.2, 0.25) is 0 Å². The first-order valence-corrected chi connectivity index (χ1v) is 7.43. The molecule has 0 spiro atoms. The lowest BCUT2D eigenvalue weighted by Crippen LogP contribution is -2.30. The van der Waals surface area contributed by atoms with Crippen molar-refractivity contribution in [2.75, 3.05) is 6.54 Å². The van der Waals surface area contributed by atoms with Gasteiger partial charge in [0.2, 0.25) is 0 Å². The minimum atomic E-state index is 0.486. The lowest BCUT2D eigenvalue weighted by Gasteiger charge is -2.28. The van der Waals surface area contributed by atoms with E-state index in [9.17, 15) is 0 Å². The number of hydrogen-bond donors (Lipinski definition) is 1. The van der Waals surface area contributed by atoms with Crippen LogP contribution in [0.5, 0.6) is 0 Å². The second-order valence-corrected chi connectivity index (χ2v) is 5.87. The molecule has 1 saturated carbocycles. The molecule has 2 rings (SSSR count). The first kappa shape index (κ1) is 13.7. The monoisotopic (exact) mass is 249 g/mol. The van der Waals surface area contributed by atoms with Crippen LogP contribution in [0.4, 0.5) is 0 Å². The predicted molar refractivity (Wildman–Crippen MR) is 75.7 cm³/mol. The molecule has 2 nitrogen and oxygen atoms in total. The van der Waals surface area contributed by atoms with Crippen LogP contribution >= 0.6 is 0 Å². The normalized spacial score (nSPS) is 25.6. The van der Waals surface area contributed by atoms with Crippen molar-refractivity contribution in [3.63, 3.8) is 0 Å². The third kappa shape index (κ3) is 2.80. The molecule has 18 heavy (non-hydrogen) atoms. The van der Waals surface area contributed by atoms with Gasteiger partial charge in [-0.15, -0.1) is 0 Å². The fourth-order valence-corrected chi connectivity index (χ4v) is 3.42. The van der Waals surface area contributed by atoms with E-state index in [4.69, 9.17) is 4.42 Å². The summed E-state index contributed by atoms with van der Waals surface area (Å²) in [5.74, 6) is 3.73. The number of furan rings is 1. The summed E-state index contributed by atoms with van der Waals surface area (Å²) in [4.78, 5) is 0. The summed E-state index contributed by atoms with van der Waals surface area (Å²) in [6, 6.07) is 2.72. The Morgan fingerprint density at radius 2 is 2.17 bits per heavy atom.